The molecule has 11 aromatic rings. The molecule has 0 saturated carbocycles. The molecule has 0 fully saturated rings. The fraction of sp³-hybridized carbons (Fsp3) is 0. The predicted molar refractivity (Wildman–Crippen MR) is 205 cm³/mol. The van der Waals surface area contributed by atoms with Gasteiger partial charge in [-0.15, -0.1) is 0 Å². The first-order valence-electron chi connectivity index (χ1n) is 16.9. The lowest BCUT2D eigenvalue weighted by Gasteiger charge is -2.12. The molecule has 0 amide bonds. The zero-order chi connectivity index (χ0) is 32.8. The number of aromatic nitrogens is 5. The average molecular weight is 638 g/mol. The summed E-state index contributed by atoms with van der Waals surface area (Å²) in [7, 11) is 0. The van der Waals surface area contributed by atoms with Crippen LogP contribution in [0.1, 0.15) is 0 Å². The first-order valence-corrected chi connectivity index (χ1v) is 16.9. The topological polar surface area (TPSA) is 48.0 Å². The molecule has 5 heteroatoms. The van der Waals surface area contributed by atoms with Crippen molar-refractivity contribution in [3.05, 3.63) is 164 Å². The average Bonchev–Trinajstić information content (AvgIpc) is 3.84. The van der Waals surface area contributed by atoms with Crippen LogP contribution < -0.4 is 0 Å². The van der Waals surface area contributed by atoms with Crippen molar-refractivity contribution < 1.29 is 0 Å². The van der Waals surface area contributed by atoms with Crippen molar-refractivity contribution in [3.63, 3.8) is 0 Å². The van der Waals surface area contributed by atoms with E-state index in [1.807, 2.05) is 6.07 Å². The maximum absolute atomic E-state index is 5.33. The SMILES string of the molecule is c1ccc(-c2cccc(-c3nc(-c4cccc5c4c4cccc6c7ccccc7n5c64)nc(-n4c5ccccc5c5ccccc54)n3)c2)cc1. The molecule has 4 heterocycles. The lowest BCUT2D eigenvalue weighted by molar-refractivity contribution is 0.954. The van der Waals surface area contributed by atoms with Gasteiger partial charge in [0.15, 0.2) is 11.6 Å². The summed E-state index contributed by atoms with van der Waals surface area (Å²) in [5.74, 6) is 1.86. The molecule has 0 aliphatic rings. The smallest absolute Gasteiger partial charge is 0.238 e. The second-order valence-corrected chi connectivity index (χ2v) is 12.9. The van der Waals surface area contributed by atoms with Gasteiger partial charge in [0.2, 0.25) is 5.95 Å². The van der Waals surface area contributed by atoms with E-state index in [1.54, 1.807) is 0 Å². The molecule has 4 aromatic heterocycles. The first-order chi connectivity index (χ1) is 24.8. The molecule has 11 rings (SSSR count). The molecule has 5 nitrogen and oxygen atoms in total. The Bertz CT molecular complexity index is 3040. The largest absolute Gasteiger partial charge is 0.308 e. The van der Waals surface area contributed by atoms with Crippen LogP contribution in [0.5, 0.6) is 0 Å². The maximum Gasteiger partial charge on any atom is 0.238 e. The fourth-order valence-electron chi connectivity index (χ4n) is 7.99. The number of nitrogens with zero attached hydrogens (tertiary/aromatic N) is 5. The minimum Gasteiger partial charge on any atom is -0.308 e. The highest BCUT2D eigenvalue weighted by Gasteiger charge is 2.22. The molecule has 0 bridgehead atoms. The van der Waals surface area contributed by atoms with Gasteiger partial charge in [-0.25, -0.2) is 4.98 Å². The Morgan fingerprint density at radius 2 is 0.900 bits per heavy atom. The maximum atomic E-state index is 5.33. The van der Waals surface area contributed by atoms with Crippen LogP contribution in [0.3, 0.4) is 0 Å². The summed E-state index contributed by atoms with van der Waals surface area (Å²) in [6.45, 7) is 0. The molecule has 0 aliphatic heterocycles. The van der Waals surface area contributed by atoms with Gasteiger partial charge < -0.3 is 4.40 Å². The zero-order valence-electron chi connectivity index (χ0n) is 26.8. The Morgan fingerprint density at radius 3 is 1.68 bits per heavy atom. The molecule has 0 aliphatic carbocycles. The number of rotatable bonds is 4. The zero-order valence-corrected chi connectivity index (χ0v) is 26.8. The summed E-state index contributed by atoms with van der Waals surface area (Å²) in [6, 6.07) is 57.7. The van der Waals surface area contributed by atoms with Crippen LogP contribution in [0.25, 0.3) is 99.8 Å². The molecule has 0 unspecified atom stereocenters. The van der Waals surface area contributed by atoms with Gasteiger partial charge in [0.25, 0.3) is 0 Å². The Labute approximate surface area is 286 Å². The molecule has 0 radical (unpaired) electrons. The van der Waals surface area contributed by atoms with E-state index in [1.165, 1.54) is 27.2 Å². The normalized spacial score (nSPS) is 12.0. The van der Waals surface area contributed by atoms with Crippen molar-refractivity contribution in [3.8, 4) is 39.9 Å². The second-order valence-electron chi connectivity index (χ2n) is 12.9. The minimum absolute atomic E-state index is 0.589. The van der Waals surface area contributed by atoms with Crippen molar-refractivity contribution >= 4 is 59.9 Å². The Kier molecular flexibility index (Phi) is 5.60. The fourth-order valence-corrected chi connectivity index (χ4v) is 7.99. The monoisotopic (exact) mass is 637 g/mol. The summed E-state index contributed by atoms with van der Waals surface area (Å²) in [5.41, 5.74) is 9.85. The van der Waals surface area contributed by atoms with Crippen molar-refractivity contribution in [2.45, 2.75) is 0 Å². The quantitative estimate of drug-likeness (QED) is 0.193. The van der Waals surface area contributed by atoms with Gasteiger partial charge in [-0.1, -0.05) is 133 Å². The van der Waals surface area contributed by atoms with Gasteiger partial charge in [0.1, 0.15) is 0 Å². The summed E-state index contributed by atoms with van der Waals surface area (Å²) in [4.78, 5) is 15.9. The molecule has 0 N–H and O–H groups in total. The molecule has 232 valence electrons. The Morgan fingerprint density at radius 1 is 0.360 bits per heavy atom. The summed E-state index contributed by atoms with van der Waals surface area (Å²) < 4.78 is 4.58. The lowest BCUT2D eigenvalue weighted by Crippen LogP contribution is -2.06. The van der Waals surface area contributed by atoms with E-state index in [4.69, 9.17) is 15.0 Å². The Balaban J connectivity index is 1.23. The molecular formula is C45H27N5. The van der Waals surface area contributed by atoms with Crippen LogP contribution in [0, 0.1) is 0 Å². The van der Waals surface area contributed by atoms with E-state index in [9.17, 15) is 0 Å². The summed E-state index contributed by atoms with van der Waals surface area (Å²) in [5, 5.41) is 7.17. The van der Waals surface area contributed by atoms with E-state index in [0.29, 0.717) is 17.6 Å². The van der Waals surface area contributed by atoms with Crippen LogP contribution in [0.15, 0.2) is 164 Å². The van der Waals surface area contributed by atoms with Crippen molar-refractivity contribution in [1.29, 1.82) is 0 Å². The van der Waals surface area contributed by atoms with E-state index in [2.05, 4.69) is 167 Å². The van der Waals surface area contributed by atoms with Crippen molar-refractivity contribution in [1.82, 2.24) is 23.9 Å². The number of benzene rings is 7. The minimum atomic E-state index is 0.589. The molecular weight excluding hydrogens is 611 g/mol. The molecule has 7 aromatic carbocycles. The van der Waals surface area contributed by atoms with Crippen LogP contribution in [-0.4, -0.2) is 23.9 Å². The van der Waals surface area contributed by atoms with Gasteiger partial charge in [-0.3, -0.25) is 4.57 Å². The predicted octanol–water partition coefficient (Wildman–Crippen LogP) is 11.1. The van der Waals surface area contributed by atoms with Crippen LogP contribution in [-0.2, 0) is 0 Å². The van der Waals surface area contributed by atoms with Crippen molar-refractivity contribution in [2.75, 3.05) is 0 Å². The second kappa shape index (κ2) is 10.3. The molecule has 0 saturated heterocycles. The highest BCUT2D eigenvalue weighted by Crippen LogP contribution is 2.42. The third kappa shape index (κ3) is 3.80. The number of hydrogen-bond acceptors (Lipinski definition) is 3. The lowest BCUT2D eigenvalue weighted by atomic mass is 10.0. The third-order valence-electron chi connectivity index (χ3n) is 10.1. The highest BCUT2D eigenvalue weighted by atomic mass is 15.2. The molecule has 0 spiro atoms. The van der Waals surface area contributed by atoms with Gasteiger partial charge in [0.05, 0.1) is 27.6 Å². The van der Waals surface area contributed by atoms with E-state index >= 15 is 0 Å². The van der Waals surface area contributed by atoms with E-state index < -0.39 is 0 Å². The van der Waals surface area contributed by atoms with E-state index in [0.717, 1.165) is 55.0 Å². The van der Waals surface area contributed by atoms with Gasteiger partial charge in [-0.2, -0.15) is 9.97 Å². The van der Waals surface area contributed by atoms with Crippen molar-refractivity contribution in [2.24, 2.45) is 0 Å². The number of para-hydroxylation sites is 4. The molecule has 50 heavy (non-hydrogen) atoms. The number of hydrogen-bond donors (Lipinski definition) is 0. The van der Waals surface area contributed by atoms with Crippen LogP contribution in [0.4, 0.5) is 0 Å². The summed E-state index contributed by atoms with van der Waals surface area (Å²) in [6.07, 6.45) is 0. The standard InChI is InChI=1S/C45H27N5/c1-2-13-28(14-3-1)29-15-10-16-30(27-29)43-46-44(48-45(47-43)50-38-24-8-4-17-31(38)32-18-5-9-25-39(32)50)36-22-12-26-40-41(36)35-21-11-20-34-33-19-6-7-23-37(33)49(40)42(34)35/h1-27H. The van der Waals surface area contributed by atoms with Gasteiger partial charge in [-0.05, 0) is 41.5 Å². The first kappa shape index (κ1) is 27.1. The third-order valence-corrected chi connectivity index (χ3v) is 10.1. The number of fused-ring (bicyclic) bond motifs is 9. The van der Waals surface area contributed by atoms with Gasteiger partial charge >= 0.3 is 0 Å². The van der Waals surface area contributed by atoms with Gasteiger partial charge in [0, 0.05) is 43.4 Å². The van der Waals surface area contributed by atoms with Crippen LogP contribution in [0.2, 0.25) is 0 Å². The summed E-state index contributed by atoms with van der Waals surface area (Å²) >= 11 is 0. The van der Waals surface area contributed by atoms with E-state index in [-0.39, 0.29) is 0 Å². The van der Waals surface area contributed by atoms with Crippen LogP contribution >= 0.6 is 0 Å². The molecule has 0 atom stereocenters. The highest BCUT2D eigenvalue weighted by molar-refractivity contribution is 6.25. The Hall–Kier alpha value is -6.85.